The minimum absolute atomic E-state index is 0.0738. The lowest BCUT2D eigenvalue weighted by Crippen LogP contribution is -2.56. The number of ether oxygens (including phenoxy) is 1. The van der Waals surface area contributed by atoms with E-state index in [2.05, 4.69) is 22.1 Å². The molecule has 160 valence electrons. The number of nitrogens with one attached hydrogen (secondary N) is 1. The lowest BCUT2D eigenvalue weighted by atomic mass is 10.00. The van der Waals surface area contributed by atoms with Gasteiger partial charge in [-0.25, -0.2) is 0 Å². The Kier molecular flexibility index (Phi) is 7.05. The van der Waals surface area contributed by atoms with E-state index in [-0.39, 0.29) is 18.2 Å². The van der Waals surface area contributed by atoms with Crippen LogP contribution in [-0.4, -0.2) is 59.9 Å². The predicted octanol–water partition coefficient (Wildman–Crippen LogP) is 2.06. The van der Waals surface area contributed by atoms with Gasteiger partial charge in [-0.15, -0.1) is 0 Å². The van der Waals surface area contributed by atoms with E-state index in [1.165, 1.54) is 0 Å². The van der Waals surface area contributed by atoms with Crippen LogP contribution in [0.4, 0.5) is 0 Å². The van der Waals surface area contributed by atoms with Gasteiger partial charge in [0.2, 0.25) is 11.8 Å². The van der Waals surface area contributed by atoms with Crippen molar-refractivity contribution in [1.82, 2.24) is 20.1 Å². The molecule has 1 aromatic heterocycles. The third kappa shape index (κ3) is 4.97. The fourth-order valence-corrected chi connectivity index (χ4v) is 3.78. The number of piperazine rings is 1. The van der Waals surface area contributed by atoms with Gasteiger partial charge in [-0.05, 0) is 48.7 Å². The van der Waals surface area contributed by atoms with Crippen LogP contribution in [0.5, 0.6) is 5.75 Å². The zero-order valence-corrected chi connectivity index (χ0v) is 18.1. The molecule has 2 amide bonds. The number of hydrogen-bond acceptors (Lipinski definition) is 5. The molecule has 0 aliphatic carbocycles. The van der Waals surface area contributed by atoms with E-state index in [4.69, 9.17) is 4.74 Å². The minimum Gasteiger partial charge on any atom is -0.496 e. The molecule has 2 heterocycles. The zero-order valence-electron chi connectivity index (χ0n) is 18.1. The first-order valence-corrected chi connectivity index (χ1v) is 10.2. The number of methoxy groups -OCH3 is 1. The monoisotopic (exact) mass is 410 g/mol. The number of amides is 2. The largest absolute Gasteiger partial charge is 0.496 e. The summed E-state index contributed by atoms with van der Waals surface area (Å²) in [6.45, 7) is 6.43. The summed E-state index contributed by atoms with van der Waals surface area (Å²) in [5.41, 5.74) is 4.21. The average molecular weight is 411 g/mol. The van der Waals surface area contributed by atoms with Crippen LogP contribution in [0, 0.1) is 13.8 Å². The second kappa shape index (κ2) is 9.71. The van der Waals surface area contributed by atoms with E-state index < -0.39 is 6.04 Å². The highest BCUT2D eigenvalue weighted by Crippen LogP contribution is 2.26. The Labute approximate surface area is 178 Å². The summed E-state index contributed by atoms with van der Waals surface area (Å²) >= 11 is 0. The van der Waals surface area contributed by atoms with Crippen molar-refractivity contribution in [2.24, 2.45) is 0 Å². The number of carbonyl (C=O) groups excluding carboxylic acids is 2. The molecular weight excluding hydrogens is 380 g/mol. The first-order valence-electron chi connectivity index (χ1n) is 10.2. The second-order valence-corrected chi connectivity index (χ2v) is 7.73. The lowest BCUT2D eigenvalue weighted by Gasteiger charge is -2.36. The first kappa shape index (κ1) is 21.8. The smallest absolute Gasteiger partial charge is 0.237 e. The van der Waals surface area contributed by atoms with Gasteiger partial charge in [-0.1, -0.05) is 12.1 Å². The molecule has 2 aromatic rings. The van der Waals surface area contributed by atoms with E-state index in [0.717, 1.165) is 28.1 Å². The zero-order chi connectivity index (χ0) is 21.7. The summed E-state index contributed by atoms with van der Waals surface area (Å²) < 4.78 is 5.40. The van der Waals surface area contributed by atoms with E-state index >= 15 is 0 Å². The molecule has 1 N–H and O–H groups in total. The molecule has 1 aromatic carbocycles. The number of rotatable bonds is 7. The molecule has 1 atom stereocenters. The van der Waals surface area contributed by atoms with Crippen LogP contribution in [0.3, 0.4) is 0 Å². The Hall–Kier alpha value is -2.93. The Bertz CT molecular complexity index is 901. The van der Waals surface area contributed by atoms with Gasteiger partial charge in [-0.2, -0.15) is 0 Å². The maximum Gasteiger partial charge on any atom is 0.237 e. The standard InChI is InChI=1S/C23H30N4O3/c1-16-17(2)21(30-4)9-8-18(16)14-27-12-11-25-23(29)20(27)13-22(28)26(3)15-19-7-5-6-10-24-19/h5-10,20H,11-15H2,1-4H3,(H,25,29). The maximum atomic E-state index is 12.8. The van der Waals surface area contributed by atoms with Crippen molar-refractivity contribution in [3.05, 3.63) is 58.9 Å². The molecule has 1 fully saturated rings. The normalized spacial score (nSPS) is 16.8. The number of benzene rings is 1. The molecule has 7 nitrogen and oxygen atoms in total. The molecule has 1 aliphatic heterocycles. The van der Waals surface area contributed by atoms with Crippen LogP contribution in [-0.2, 0) is 22.7 Å². The molecule has 0 radical (unpaired) electrons. The van der Waals surface area contributed by atoms with Crippen LogP contribution < -0.4 is 10.1 Å². The second-order valence-electron chi connectivity index (χ2n) is 7.73. The van der Waals surface area contributed by atoms with Crippen LogP contribution in [0.15, 0.2) is 36.5 Å². The number of hydrogen-bond donors (Lipinski definition) is 1. The van der Waals surface area contributed by atoms with Gasteiger partial charge in [0, 0.05) is 32.9 Å². The van der Waals surface area contributed by atoms with Crippen molar-refractivity contribution in [2.45, 2.75) is 39.4 Å². The van der Waals surface area contributed by atoms with Crippen molar-refractivity contribution < 1.29 is 14.3 Å². The molecule has 0 bridgehead atoms. The third-order valence-corrected chi connectivity index (χ3v) is 5.80. The maximum absolute atomic E-state index is 12.8. The van der Waals surface area contributed by atoms with Crippen molar-refractivity contribution in [3.8, 4) is 5.75 Å². The summed E-state index contributed by atoms with van der Waals surface area (Å²) in [5, 5.41) is 2.90. The van der Waals surface area contributed by atoms with Crippen LogP contribution in [0.2, 0.25) is 0 Å². The van der Waals surface area contributed by atoms with Gasteiger partial charge in [0.1, 0.15) is 5.75 Å². The van der Waals surface area contributed by atoms with Gasteiger partial charge in [-0.3, -0.25) is 19.5 Å². The molecule has 1 saturated heterocycles. The van der Waals surface area contributed by atoms with E-state index in [9.17, 15) is 9.59 Å². The number of pyridine rings is 1. The van der Waals surface area contributed by atoms with Crippen molar-refractivity contribution >= 4 is 11.8 Å². The molecular formula is C23H30N4O3. The van der Waals surface area contributed by atoms with E-state index in [1.807, 2.05) is 37.3 Å². The summed E-state index contributed by atoms with van der Waals surface area (Å²) in [7, 11) is 3.42. The van der Waals surface area contributed by atoms with Crippen LogP contribution in [0.1, 0.15) is 28.8 Å². The lowest BCUT2D eigenvalue weighted by molar-refractivity contribution is -0.138. The minimum atomic E-state index is -0.487. The Balaban J connectivity index is 1.71. The summed E-state index contributed by atoms with van der Waals surface area (Å²) in [6, 6.07) is 9.15. The first-order chi connectivity index (χ1) is 14.4. The highest BCUT2D eigenvalue weighted by atomic mass is 16.5. The van der Waals surface area contributed by atoms with Gasteiger partial charge in [0.25, 0.3) is 0 Å². The number of carbonyl (C=O) groups is 2. The fraction of sp³-hybridized carbons (Fsp3) is 0.435. The van der Waals surface area contributed by atoms with Crippen molar-refractivity contribution in [2.75, 3.05) is 27.2 Å². The Morgan fingerprint density at radius 2 is 2.07 bits per heavy atom. The summed E-state index contributed by atoms with van der Waals surface area (Å²) in [5.74, 6) is 0.689. The van der Waals surface area contributed by atoms with Gasteiger partial charge in [0.05, 0.1) is 31.8 Å². The fourth-order valence-electron chi connectivity index (χ4n) is 3.78. The predicted molar refractivity (Wildman–Crippen MR) is 115 cm³/mol. The molecule has 0 saturated carbocycles. The molecule has 3 rings (SSSR count). The molecule has 1 unspecified atom stereocenters. The summed E-state index contributed by atoms with van der Waals surface area (Å²) in [6.07, 6.45) is 1.85. The SMILES string of the molecule is COc1ccc(CN2CCNC(=O)C2CC(=O)N(C)Cc2ccccn2)c(C)c1C. The van der Waals surface area contributed by atoms with Gasteiger partial charge < -0.3 is 15.0 Å². The Morgan fingerprint density at radius 1 is 1.27 bits per heavy atom. The highest BCUT2D eigenvalue weighted by molar-refractivity contribution is 5.88. The molecule has 30 heavy (non-hydrogen) atoms. The van der Waals surface area contributed by atoms with Crippen molar-refractivity contribution in [1.29, 1.82) is 0 Å². The number of nitrogens with zero attached hydrogens (tertiary/aromatic N) is 3. The molecule has 1 aliphatic rings. The van der Waals surface area contributed by atoms with Gasteiger partial charge in [0.15, 0.2) is 0 Å². The van der Waals surface area contributed by atoms with Gasteiger partial charge >= 0.3 is 0 Å². The highest BCUT2D eigenvalue weighted by Gasteiger charge is 2.32. The van der Waals surface area contributed by atoms with Crippen LogP contribution in [0.25, 0.3) is 0 Å². The Morgan fingerprint density at radius 3 is 2.77 bits per heavy atom. The molecule has 0 spiro atoms. The summed E-state index contributed by atoms with van der Waals surface area (Å²) in [4.78, 5) is 33.4. The quantitative estimate of drug-likeness (QED) is 0.756. The van der Waals surface area contributed by atoms with Crippen molar-refractivity contribution in [3.63, 3.8) is 0 Å². The third-order valence-electron chi connectivity index (χ3n) is 5.80. The average Bonchev–Trinajstić information content (AvgIpc) is 2.74. The van der Waals surface area contributed by atoms with E-state index in [0.29, 0.717) is 26.2 Å². The van der Waals surface area contributed by atoms with Crippen LogP contribution >= 0.6 is 0 Å². The van der Waals surface area contributed by atoms with E-state index in [1.54, 1.807) is 25.3 Å². The molecule has 7 heteroatoms. The number of aromatic nitrogens is 1. The topological polar surface area (TPSA) is 74.8 Å².